The van der Waals surface area contributed by atoms with Crippen molar-refractivity contribution in [2.45, 2.75) is 38.6 Å². The van der Waals surface area contributed by atoms with Crippen molar-refractivity contribution < 1.29 is 0 Å². The van der Waals surface area contributed by atoms with E-state index in [0.717, 1.165) is 6.42 Å². The minimum absolute atomic E-state index is 0.358. The molecule has 0 heterocycles. The molecule has 5 aromatic rings. The lowest BCUT2D eigenvalue weighted by molar-refractivity contribution is 0.604. The van der Waals surface area contributed by atoms with Gasteiger partial charge in [0, 0.05) is 11.1 Å². The summed E-state index contributed by atoms with van der Waals surface area (Å²) in [4.78, 5) is 0. The Morgan fingerprint density at radius 2 is 1.45 bits per heavy atom. The first kappa shape index (κ1) is 18.4. The first-order valence-electron chi connectivity index (χ1n) is 11.5. The topological polar surface area (TPSA) is 12.0 Å². The molecule has 0 amide bonds. The van der Waals surface area contributed by atoms with Gasteiger partial charge in [-0.1, -0.05) is 85.8 Å². The van der Waals surface area contributed by atoms with Gasteiger partial charge >= 0.3 is 0 Å². The summed E-state index contributed by atoms with van der Waals surface area (Å²) in [5, 5.41) is 12.1. The molecule has 31 heavy (non-hydrogen) atoms. The van der Waals surface area contributed by atoms with Gasteiger partial charge in [-0.15, -0.1) is 0 Å². The van der Waals surface area contributed by atoms with Crippen LogP contribution in [0.1, 0.15) is 42.5 Å². The molecule has 1 N–H and O–H groups in total. The Morgan fingerprint density at radius 3 is 2.39 bits per heavy atom. The number of aryl methyl sites for hydroxylation is 2. The predicted molar refractivity (Wildman–Crippen MR) is 134 cm³/mol. The van der Waals surface area contributed by atoms with Crippen LogP contribution in [0.15, 0.2) is 84.9 Å². The standard InChI is InChI=1S/C30H27N/c1-2-20-9-5-12-24-22(20)16-17-27-25-13-7-15-30(28(25)19-18-26(24)27)31-29-14-6-10-21-8-3-4-11-23(21)29/h3-6,8-12,14,16-19,30-31H,2,7,13,15H2,1H3. The summed E-state index contributed by atoms with van der Waals surface area (Å²) in [6.45, 7) is 2.25. The Morgan fingerprint density at radius 1 is 0.710 bits per heavy atom. The SMILES string of the molecule is CCc1cccc2c1ccc1c3c(ccc12)C(Nc1cccc2ccccc12)CCC3. The Labute approximate surface area is 183 Å². The van der Waals surface area contributed by atoms with Gasteiger partial charge in [0.15, 0.2) is 0 Å². The second-order valence-corrected chi connectivity index (χ2v) is 8.78. The van der Waals surface area contributed by atoms with Crippen LogP contribution in [0.2, 0.25) is 0 Å². The number of hydrogen-bond acceptors (Lipinski definition) is 1. The molecule has 1 atom stereocenters. The number of nitrogens with one attached hydrogen (secondary N) is 1. The molecule has 0 spiro atoms. The Bertz CT molecular complexity index is 1420. The van der Waals surface area contributed by atoms with Gasteiger partial charge in [-0.3, -0.25) is 0 Å². The molecule has 1 nitrogen and oxygen atoms in total. The van der Waals surface area contributed by atoms with Gasteiger partial charge < -0.3 is 5.32 Å². The normalized spacial score (nSPS) is 16.0. The Hall–Kier alpha value is -3.32. The molecule has 0 radical (unpaired) electrons. The van der Waals surface area contributed by atoms with Crippen molar-refractivity contribution in [2.24, 2.45) is 0 Å². The zero-order chi connectivity index (χ0) is 20.8. The monoisotopic (exact) mass is 401 g/mol. The highest BCUT2D eigenvalue weighted by Gasteiger charge is 2.23. The van der Waals surface area contributed by atoms with E-state index < -0.39 is 0 Å². The summed E-state index contributed by atoms with van der Waals surface area (Å²) in [6, 6.07) is 31.8. The summed E-state index contributed by atoms with van der Waals surface area (Å²) in [7, 11) is 0. The van der Waals surface area contributed by atoms with Gasteiger partial charge in [-0.25, -0.2) is 0 Å². The lowest BCUT2D eigenvalue weighted by Gasteiger charge is -2.29. The van der Waals surface area contributed by atoms with Crippen LogP contribution in [0.25, 0.3) is 32.3 Å². The van der Waals surface area contributed by atoms with E-state index >= 15 is 0 Å². The van der Waals surface area contributed by atoms with E-state index in [4.69, 9.17) is 0 Å². The van der Waals surface area contributed by atoms with E-state index in [-0.39, 0.29) is 0 Å². The molecule has 0 fully saturated rings. The summed E-state index contributed by atoms with van der Waals surface area (Å²) in [5.74, 6) is 0. The molecule has 0 saturated heterocycles. The largest absolute Gasteiger partial charge is 0.378 e. The Kier molecular flexibility index (Phi) is 4.42. The molecule has 5 aromatic carbocycles. The van der Waals surface area contributed by atoms with Gasteiger partial charge in [-0.2, -0.15) is 0 Å². The quantitative estimate of drug-likeness (QED) is 0.300. The molecule has 1 heteroatoms. The number of anilines is 1. The maximum Gasteiger partial charge on any atom is 0.0517 e. The van der Waals surface area contributed by atoms with Gasteiger partial charge in [-0.05, 0) is 75.4 Å². The number of rotatable bonds is 3. The average molecular weight is 402 g/mol. The zero-order valence-electron chi connectivity index (χ0n) is 18.0. The van der Waals surface area contributed by atoms with Crippen LogP contribution in [-0.4, -0.2) is 0 Å². The predicted octanol–water partition coefficient (Wildman–Crippen LogP) is 8.20. The highest BCUT2D eigenvalue weighted by atomic mass is 14.9. The first-order chi connectivity index (χ1) is 15.3. The molecule has 0 saturated carbocycles. The van der Waals surface area contributed by atoms with Gasteiger partial charge in [0.05, 0.1) is 6.04 Å². The van der Waals surface area contributed by atoms with Crippen molar-refractivity contribution >= 4 is 38.0 Å². The summed E-state index contributed by atoms with van der Waals surface area (Å²) >= 11 is 0. The third-order valence-electron chi connectivity index (χ3n) is 7.09. The van der Waals surface area contributed by atoms with Gasteiger partial charge in [0.1, 0.15) is 0 Å². The molecule has 0 bridgehead atoms. The minimum Gasteiger partial charge on any atom is -0.378 e. The third-order valence-corrected chi connectivity index (χ3v) is 7.09. The van der Waals surface area contributed by atoms with E-state index in [9.17, 15) is 0 Å². The van der Waals surface area contributed by atoms with Crippen LogP contribution in [-0.2, 0) is 12.8 Å². The maximum atomic E-state index is 3.90. The first-order valence-corrected chi connectivity index (χ1v) is 11.5. The van der Waals surface area contributed by atoms with Crippen molar-refractivity contribution in [2.75, 3.05) is 5.32 Å². The summed E-state index contributed by atoms with van der Waals surface area (Å²) < 4.78 is 0. The van der Waals surface area contributed by atoms with E-state index in [1.54, 1.807) is 0 Å². The highest BCUT2D eigenvalue weighted by molar-refractivity contribution is 6.09. The fourth-order valence-corrected chi connectivity index (χ4v) is 5.56. The third kappa shape index (κ3) is 2.99. The molecule has 0 aliphatic heterocycles. The molecule has 1 unspecified atom stereocenters. The van der Waals surface area contributed by atoms with Crippen molar-refractivity contribution in [3.63, 3.8) is 0 Å². The lowest BCUT2D eigenvalue weighted by Crippen LogP contribution is -2.17. The van der Waals surface area contributed by atoms with E-state index in [1.165, 1.54) is 74.0 Å². The molecular formula is C30H27N. The summed E-state index contributed by atoms with van der Waals surface area (Å²) in [6.07, 6.45) is 4.64. The number of fused-ring (bicyclic) bond motifs is 6. The lowest BCUT2D eigenvalue weighted by atomic mass is 9.83. The van der Waals surface area contributed by atoms with Crippen molar-refractivity contribution in [1.29, 1.82) is 0 Å². The second-order valence-electron chi connectivity index (χ2n) is 8.78. The van der Waals surface area contributed by atoms with Crippen LogP contribution < -0.4 is 5.32 Å². The fraction of sp³-hybridized carbons (Fsp3) is 0.200. The molecule has 1 aliphatic rings. The highest BCUT2D eigenvalue weighted by Crippen LogP contribution is 2.40. The van der Waals surface area contributed by atoms with Gasteiger partial charge in [0.2, 0.25) is 0 Å². The maximum absolute atomic E-state index is 3.90. The molecule has 6 rings (SSSR count). The molecule has 152 valence electrons. The molecule has 1 aliphatic carbocycles. The molecule has 0 aromatic heterocycles. The van der Waals surface area contributed by atoms with E-state index in [1.807, 2.05) is 0 Å². The molecular weight excluding hydrogens is 374 g/mol. The van der Waals surface area contributed by atoms with E-state index in [2.05, 4.69) is 97.2 Å². The summed E-state index contributed by atoms with van der Waals surface area (Å²) in [5.41, 5.74) is 5.68. The van der Waals surface area contributed by atoms with Crippen molar-refractivity contribution in [1.82, 2.24) is 0 Å². The van der Waals surface area contributed by atoms with Crippen LogP contribution in [0, 0.1) is 0 Å². The number of hydrogen-bond donors (Lipinski definition) is 1. The van der Waals surface area contributed by atoms with Crippen molar-refractivity contribution in [3.8, 4) is 0 Å². The van der Waals surface area contributed by atoms with E-state index in [0.29, 0.717) is 6.04 Å². The smallest absolute Gasteiger partial charge is 0.0517 e. The zero-order valence-corrected chi connectivity index (χ0v) is 18.0. The number of benzene rings is 5. The van der Waals surface area contributed by atoms with Crippen LogP contribution in [0.4, 0.5) is 5.69 Å². The minimum atomic E-state index is 0.358. The van der Waals surface area contributed by atoms with Gasteiger partial charge in [0.25, 0.3) is 0 Å². The van der Waals surface area contributed by atoms with Crippen molar-refractivity contribution in [3.05, 3.63) is 102 Å². The second kappa shape index (κ2) is 7.42. The average Bonchev–Trinajstić information content (AvgIpc) is 2.83. The van der Waals surface area contributed by atoms with Crippen LogP contribution >= 0.6 is 0 Å². The Balaban J connectivity index is 1.48. The van der Waals surface area contributed by atoms with Crippen LogP contribution in [0.3, 0.4) is 0 Å². The van der Waals surface area contributed by atoms with Crippen LogP contribution in [0.5, 0.6) is 0 Å². The fourth-order valence-electron chi connectivity index (χ4n) is 5.56.